The third-order valence-corrected chi connectivity index (χ3v) is 5.48. The van der Waals surface area contributed by atoms with Gasteiger partial charge >= 0.3 is 0 Å². The molecular formula is C22H26N4O3. The standard InChI is InChI=1S/C22H26N4O3/c27-21(24-6-8-25-9-11-29-12-10-25)19-13-20(15-23-14-19)22(28)26-7-5-17-3-1-2-4-18(17)16-26/h1-4,13-15H,5-12,16H2,(H,24,27). The van der Waals surface area contributed by atoms with Gasteiger partial charge in [-0.15, -0.1) is 0 Å². The zero-order valence-electron chi connectivity index (χ0n) is 16.5. The normalized spacial score (nSPS) is 16.9. The van der Waals surface area contributed by atoms with Crippen LogP contribution >= 0.6 is 0 Å². The van der Waals surface area contributed by atoms with Crippen LogP contribution in [0, 0.1) is 0 Å². The summed E-state index contributed by atoms with van der Waals surface area (Å²) in [6.45, 7) is 5.86. The zero-order chi connectivity index (χ0) is 20.1. The van der Waals surface area contributed by atoms with Crippen LogP contribution in [0.3, 0.4) is 0 Å². The summed E-state index contributed by atoms with van der Waals surface area (Å²) in [5.74, 6) is -0.292. The summed E-state index contributed by atoms with van der Waals surface area (Å²) >= 11 is 0. The van der Waals surface area contributed by atoms with Crippen LogP contribution in [0.5, 0.6) is 0 Å². The molecule has 4 rings (SSSR count). The molecule has 7 nitrogen and oxygen atoms in total. The van der Waals surface area contributed by atoms with E-state index in [0.29, 0.717) is 30.8 Å². The van der Waals surface area contributed by atoms with Gasteiger partial charge in [-0.1, -0.05) is 24.3 Å². The number of amides is 2. The van der Waals surface area contributed by atoms with Gasteiger partial charge in [0.25, 0.3) is 11.8 Å². The Morgan fingerprint density at radius 1 is 1.03 bits per heavy atom. The molecule has 2 amide bonds. The highest BCUT2D eigenvalue weighted by atomic mass is 16.5. The van der Waals surface area contributed by atoms with E-state index in [0.717, 1.165) is 39.3 Å². The van der Waals surface area contributed by atoms with Crippen molar-refractivity contribution in [3.63, 3.8) is 0 Å². The minimum atomic E-state index is -0.204. The molecule has 0 unspecified atom stereocenters. The van der Waals surface area contributed by atoms with Gasteiger partial charge < -0.3 is 15.0 Å². The second-order valence-electron chi connectivity index (χ2n) is 7.42. The number of carbonyl (C=O) groups is 2. The molecule has 0 spiro atoms. The predicted molar refractivity (Wildman–Crippen MR) is 109 cm³/mol. The first-order valence-corrected chi connectivity index (χ1v) is 10.1. The summed E-state index contributed by atoms with van der Waals surface area (Å²) in [4.78, 5) is 33.6. The minimum absolute atomic E-state index is 0.0880. The smallest absolute Gasteiger partial charge is 0.255 e. The number of nitrogens with zero attached hydrogens (tertiary/aromatic N) is 3. The van der Waals surface area contributed by atoms with Crippen molar-refractivity contribution >= 4 is 11.8 Å². The maximum atomic E-state index is 12.9. The predicted octanol–water partition coefficient (Wildman–Crippen LogP) is 1.34. The van der Waals surface area contributed by atoms with E-state index in [-0.39, 0.29) is 11.8 Å². The maximum absolute atomic E-state index is 12.9. The van der Waals surface area contributed by atoms with Gasteiger partial charge in [-0.25, -0.2) is 0 Å². The van der Waals surface area contributed by atoms with Crippen LogP contribution in [0.15, 0.2) is 42.7 Å². The van der Waals surface area contributed by atoms with Gasteiger partial charge in [-0.05, 0) is 23.6 Å². The summed E-state index contributed by atoms with van der Waals surface area (Å²) in [6.07, 6.45) is 3.89. The summed E-state index contributed by atoms with van der Waals surface area (Å²) in [7, 11) is 0. The molecule has 2 aliphatic rings. The summed E-state index contributed by atoms with van der Waals surface area (Å²) in [5, 5.41) is 2.92. The second kappa shape index (κ2) is 9.15. The van der Waals surface area contributed by atoms with Gasteiger partial charge in [0.15, 0.2) is 0 Å². The van der Waals surface area contributed by atoms with E-state index >= 15 is 0 Å². The Kier molecular flexibility index (Phi) is 6.17. The lowest BCUT2D eigenvalue weighted by Crippen LogP contribution is -2.41. The Bertz CT molecular complexity index is 880. The topological polar surface area (TPSA) is 74.8 Å². The Labute approximate surface area is 170 Å². The van der Waals surface area contributed by atoms with Crippen LogP contribution in [-0.4, -0.2) is 72.5 Å². The zero-order valence-corrected chi connectivity index (χ0v) is 16.5. The van der Waals surface area contributed by atoms with Crippen molar-refractivity contribution in [3.8, 4) is 0 Å². The molecule has 1 aromatic carbocycles. The SMILES string of the molecule is O=C(NCCN1CCOCC1)c1cncc(C(=O)N2CCc3ccccc3C2)c1. The molecule has 0 atom stereocenters. The number of morpholine rings is 1. The molecule has 29 heavy (non-hydrogen) atoms. The number of nitrogens with one attached hydrogen (secondary N) is 1. The molecule has 0 aliphatic carbocycles. The second-order valence-corrected chi connectivity index (χ2v) is 7.42. The molecule has 2 aromatic rings. The first-order chi connectivity index (χ1) is 14.2. The fraction of sp³-hybridized carbons (Fsp3) is 0.409. The molecule has 1 saturated heterocycles. The van der Waals surface area contributed by atoms with Crippen molar-refractivity contribution < 1.29 is 14.3 Å². The lowest BCUT2D eigenvalue weighted by atomic mass is 9.99. The quantitative estimate of drug-likeness (QED) is 0.829. The van der Waals surface area contributed by atoms with E-state index in [1.165, 1.54) is 23.5 Å². The van der Waals surface area contributed by atoms with E-state index in [2.05, 4.69) is 27.3 Å². The number of pyridine rings is 1. The minimum Gasteiger partial charge on any atom is -0.379 e. The van der Waals surface area contributed by atoms with Gasteiger partial charge in [-0.2, -0.15) is 0 Å². The molecule has 0 saturated carbocycles. The maximum Gasteiger partial charge on any atom is 0.255 e. The largest absolute Gasteiger partial charge is 0.379 e. The monoisotopic (exact) mass is 394 g/mol. The third kappa shape index (κ3) is 4.81. The average Bonchev–Trinajstić information content (AvgIpc) is 2.79. The molecule has 7 heteroatoms. The Morgan fingerprint density at radius 2 is 1.79 bits per heavy atom. The number of fused-ring (bicyclic) bond motifs is 1. The van der Waals surface area contributed by atoms with Crippen LogP contribution in [-0.2, 0) is 17.7 Å². The third-order valence-electron chi connectivity index (χ3n) is 5.48. The highest BCUT2D eigenvalue weighted by Gasteiger charge is 2.22. The van der Waals surface area contributed by atoms with Gasteiger partial charge in [0.1, 0.15) is 0 Å². The Morgan fingerprint density at radius 3 is 2.62 bits per heavy atom. The first kappa shape index (κ1) is 19.5. The molecule has 0 bridgehead atoms. The number of ether oxygens (including phenoxy) is 1. The van der Waals surface area contributed by atoms with Crippen molar-refractivity contribution in [2.75, 3.05) is 45.9 Å². The lowest BCUT2D eigenvalue weighted by Gasteiger charge is -2.29. The van der Waals surface area contributed by atoms with E-state index in [4.69, 9.17) is 4.74 Å². The molecular weight excluding hydrogens is 368 g/mol. The number of hydrogen-bond donors (Lipinski definition) is 1. The average molecular weight is 394 g/mol. The number of carbonyl (C=O) groups excluding carboxylic acids is 2. The molecule has 0 radical (unpaired) electrons. The number of benzene rings is 1. The number of hydrogen-bond acceptors (Lipinski definition) is 5. The van der Waals surface area contributed by atoms with Crippen LogP contribution in [0.4, 0.5) is 0 Å². The Hall–Kier alpha value is -2.77. The fourth-order valence-electron chi connectivity index (χ4n) is 3.79. The summed E-state index contributed by atoms with van der Waals surface area (Å²) < 4.78 is 5.33. The molecule has 3 heterocycles. The number of aromatic nitrogens is 1. The molecule has 2 aliphatic heterocycles. The Balaban J connectivity index is 1.35. The van der Waals surface area contributed by atoms with Gasteiger partial charge in [0.2, 0.25) is 0 Å². The van der Waals surface area contributed by atoms with E-state index < -0.39 is 0 Å². The lowest BCUT2D eigenvalue weighted by molar-refractivity contribution is 0.0383. The fourth-order valence-corrected chi connectivity index (χ4v) is 3.79. The van der Waals surface area contributed by atoms with E-state index in [1.54, 1.807) is 6.07 Å². The van der Waals surface area contributed by atoms with Gasteiger partial charge in [0.05, 0.1) is 24.3 Å². The van der Waals surface area contributed by atoms with Crippen molar-refractivity contribution in [2.45, 2.75) is 13.0 Å². The molecule has 1 aromatic heterocycles. The number of rotatable bonds is 5. The summed E-state index contributed by atoms with van der Waals surface area (Å²) in [6, 6.07) is 9.84. The highest BCUT2D eigenvalue weighted by Crippen LogP contribution is 2.20. The van der Waals surface area contributed by atoms with Crippen molar-refractivity contribution in [1.29, 1.82) is 0 Å². The van der Waals surface area contributed by atoms with Crippen molar-refractivity contribution in [2.24, 2.45) is 0 Å². The van der Waals surface area contributed by atoms with Crippen LogP contribution in [0.25, 0.3) is 0 Å². The van der Waals surface area contributed by atoms with E-state index in [1.807, 2.05) is 17.0 Å². The summed E-state index contributed by atoms with van der Waals surface area (Å²) in [5.41, 5.74) is 3.33. The van der Waals surface area contributed by atoms with E-state index in [9.17, 15) is 9.59 Å². The molecule has 1 fully saturated rings. The highest BCUT2D eigenvalue weighted by molar-refractivity contribution is 5.99. The van der Waals surface area contributed by atoms with Crippen LogP contribution < -0.4 is 5.32 Å². The van der Waals surface area contributed by atoms with Crippen molar-refractivity contribution in [1.82, 2.24) is 20.1 Å². The van der Waals surface area contributed by atoms with Crippen LogP contribution in [0.2, 0.25) is 0 Å². The molecule has 1 N–H and O–H groups in total. The van der Waals surface area contributed by atoms with Crippen LogP contribution in [0.1, 0.15) is 31.8 Å². The van der Waals surface area contributed by atoms with Gasteiger partial charge in [-0.3, -0.25) is 19.5 Å². The molecule has 152 valence electrons. The first-order valence-electron chi connectivity index (χ1n) is 10.1. The van der Waals surface area contributed by atoms with Crippen molar-refractivity contribution in [3.05, 3.63) is 65.0 Å². The van der Waals surface area contributed by atoms with Gasteiger partial charge in [0, 0.05) is 51.7 Å².